The molecule has 1 fully saturated rings. The lowest BCUT2D eigenvalue weighted by Crippen LogP contribution is -2.44. The second-order valence-corrected chi connectivity index (χ2v) is 7.12. The lowest BCUT2D eigenvalue weighted by atomic mass is 10.2. The van der Waals surface area contributed by atoms with E-state index in [4.69, 9.17) is 0 Å². The van der Waals surface area contributed by atoms with Gasteiger partial charge in [0.2, 0.25) is 0 Å². The van der Waals surface area contributed by atoms with Crippen LogP contribution in [0.5, 0.6) is 0 Å². The SMILES string of the molecule is CN=C(NCc1sccc1C)NC1CCN(c2ccc(F)cc2F)C1. The molecule has 2 heterocycles. The van der Waals surface area contributed by atoms with Crippen molar-refractivity contribution in [3.63, 3.8) is 0 Å². The summed E-state index contributed by atoms with van der Waals surface area (Å²) in [5.74, 6) is -0.334. The van der Waals surface area contributed by atoms with Crippen LogP contribution in [0, 0.1) is 18.6 Å². The number of hydrogen-bond donors (Lipinski definition) is 2. The Labute approximate surface area is 150 Å². The summed E-state index contributed by atoms with van der Waals surface area (Å²) in [7, 11) is 1.74. The summed E-state index contributed by atoms with van der Waals surface area (Å²) < 4.78 is 27.0. The molecule has 2 N–H and O–H groups in total. The molecule has 4 nitrogen and oxygen atoms in total. The molecular formula is C18H22F2N4S. The molecule has 25 heavy (non-hydrogen) atoms. The third-order valence-corrected chi connectivity index (χ3v) is 5.41. The molecule has 1 aromatic carbocycles. The van der Waals surface area contributed by atoms with E-state index in [1.807, 2.05) is 4.90 Å². The van der Waals surface area contributed by atoms with Crippen LogP contribution in [-0.4, -0.2) is 32.1 Å². The lowest BCUT2D eigenvalue weighted by Gasteiger charge is -2.21. The van der Waals surface area contributed by atoms with E-state index in [1.165, 1.54) is 22.6 Å². The molecule has 1 aliphatic heterocycles. The second-order valence-electron chi connectivity index (χ2n) is 6.12. The van der Waals surface area contributed by atoms with Crippen molar-refractivity contribution in [2.75, 3.05) is 25.0 Å². The van der Waals surface area contributed by atoms with Crippen LogP contribution in [0.1, 0.15) is 16.9 Å². The van der Waals surface area contributed by atoms with E-state index in [1.54, 1.807) is 18.4 Å². The van der Waals surface area contributed by atoms with Crippen molar-refractivity contribution < 1.29 is 8.78 Å². The van der Waals surface area contributed by atoms with E-state index in [0.717, 1.165) is 31.5 Å². The van der Waals surface area contributed by atoms with E-state index in [2.05, 4.69) is 34.0 Å². The lowest BCUT2D eigenvalue weighted by molar-refractivity contribution is 0.580. The molecule has 1 aliphatic rings. The normalized spacial score (nSPS) is 17.8. The Morgan fingerprint density at radius 2 is 2.20 bits per heavy atom. The molecule has 0 saturated carbocycles. The van der Waals surface area contributed by atoms with Crippen LogP contribution in [0.4, 0.5) is 14.5 Å². The van der Waals surface area contributed by atoms with Gasteiger partial charge in [-0.15, -0.1) is 11.3 Å². The number of aliphatic imine (C=N–C) groups is 1. The van der Waals surface area contributed by atoms with E-state index < -0.39 is 11.6 Å². The molecule has 1 aromatic heterocycles. The van der Waals surface area contributed by atoms with Crippen LogP contribution in [0.25, 0.3) is 0 Å². The number of benzene rings is 1. The zero-order valence-corrected chi connectivity index (χ0v) is 15.2. The Hall–Kier alpha value is -2.15. The number of rotatable bonds is 4. The van der Waals surface area contributed by atoms with Crippen LogP contribution in [0.3, 0.4) is 0 Å². The van der Waals surface area contributed by atoms with E-state index >= 15 is 0 Å². The summed E-state index contributed by atoms with van der Waals surface area (Å²) >= 11 is 1.72. The fraction of sp³-hybridized carbons (Fsp3) is 0.389. The molecule has 2 aromatic rings. The highest BCUT2D eigenvalue weighted by atomic mass is 32.1. The van der Waals surface area contributed by atoms with Crippen LogP contribution >= 0.6 is 11.3 Å². The average Bonchev–Trinajstić information content (AvgIpc) is 3.20. The van der Waals surface area contributed by atoms with Crippen molar-refractivity contribution >= 4 is 23.0 Å². The standard InChI is InChI=1S/C18H22F2N4S/c1-12-6-8-25-17(12)10-22-18(21-2)23-14-5-7-24(11-14)16-4-3-13(19)9-15(16)20/h3-4,6,8-9,14H,5,7,10-11H2,1-2H3,(H2,21,22,23). The number of guanidine groups is 1. The molecule has 0 amide bonds. The number of thiophene rings is 1. The largest absolute Gasteiger partial charge is 0.367 e. The molecule has 0 spiro atoms. The van der Waals surface area contributed by atoms with E-state index in [0.29, 0.717) is 12.2 Å². The minimum Gasteiger partial charge on any atom is -0.367 e. The van der Waals surface area contributed by atoms with Gasteiger partial charge in [0.05, 0.1) is 12.2 Å². The van der Waals surface area contributed by atoms with Crippen molar-refractivity contribution in [2.45, 2.75) is 25.9 Å². The molecule has 134 valence electrons. The van der Waals surface area contributed by atoms with Crippen molar-refractivity contribution in [1.29, 1.82) is 0 Å². The number of hydrogen-bond acceptors (Lipinski definition) is 3. The smallest absolute Gasteiger partial charge is 0.191 e. The number of anilines is 1. The molecule has 1 atom stereocenters. The predicted octanol–water partition coefficient (Wildman–Crippen LogP) is 3.28. The summed E-state index contributed by atoms with van der Waals surface area (Å²) in [4.78, 5) is 7.48. The molecule has 0 radical (unpaired) electrons. The third-order valence-electron chi connectivity index (χ3n) is 4.39. The molecule has 1 saturated heterocycles. The van der Waals surface area contributed by atoms with Gasteiger partial charge in [0.25, 0.3) is 0 Å². The maximum atomic E-state index is 13.9. The fourth-order valence-corrected chi connectivity index (χ4v) is 3.82. The Kier molecular flexibility index (Phi) is 5.53. The monoisotopic (exact) mass is 364 g/mol. The number of aryl methyl sites for hydroxylation is 1. The topological polar surface area (TPSA) is 39.7 Å². The van der Waals surface area contributed by atoms with Gasteiger partial charge in [-0.25, -0.2) is 8.78 Å². The van der Waals surface area contributed by atoms with Gasteiger partial charge in [-0.3, -0.25) is 4.99 Å². The molecule has 3 rings (SSSR count). The van der Waals surface area contributed by atoms with Gasteiger partial charge in [0.1, 0.15) is 11.6 Å². The van der Waals surface area contributed by atoms with Gasteiger partial charge in [-0.1, -0.05) is 0 Å². The van der Waals surface area contributed by atoms with Crippen LogP contribution in [0.2, 0.25) is 0 Å². The summed E-state index contributed by atoms with van der Waals surface area (Å²) in [6.07, 6.45) is 0.871. The van der Waals surface area contributed by atoms with Gasteiger partial charge in [-0.2, -0.15) is 0 Å². The summed E-state index contributed by atoms with van der Waals surface area (Å²) in [5.41, 5.74) is 1.72. The first-order valence-corrected chi connectivity index (χ1v) is 9.15. The van der Waals surface area contributed by atoms with Crippen molar-refractivity contribution in [1.82, 2.24) is 10.6 Å². The van der Waals surface area contributed by atoms with E-state index in [-0.39, 0.29) is 6.04 Å². The maximum Gasteiger partial charge on any atom is 0.191 e. The first-order valence-electron chi connectivity index (χ1n) is 8.27. The van der Waals surface area contributed by atoms with Gasteiger partial charge < -0.3 is 15.5 Å². The minimum atomic E-state index is -0.552. The number of nitrogens with zero attached hydrogens (tertiary/aromatic N) is 2. The molecule has 0 aliphatic carbocycles. The van der Waals surface area contributed by atoms with E-state index in [9.17, 15) is 8.78 Å². The third kappa shape index (κ3) is 4.28. The average molecular weight is 364 g/mol. The highest BCUT2D eigenvalue weighted by molar-refractivity contribution is 7.10. The maximum absolute atomic E-state index is 13.9. The quantitative estimate of drug-likeness (QED) is 0.646. The van der Waals surface area contributed by atoms with Gasteiger partial charge >= 0.3 is 0 Å². The summed E-state index contributed by atoms with van der Waals surface area (Å²) in [5, 5.41) is 8.78. The van der Waals surface area contributed by atoms with Gasteiger partial charge in [-0.05, 0) is 42.5 Å². The Morgan fingerprint density at radius 1 is 1.36 bits per heavy atom. The highest BCUT2D eigenvalue weighted by Crippen LogP contribution is 2.24. The predicted molar refractivity (Wildman–Crippen MR) is 99.4 cm³/mol. The molecule has 1 unspecified atom stereocenters. The fourth-order valence-electron chi connectivity index (χ4n) is 2.97. The zero-order chi connectivity index (χ0) is 17.8. The molecule has 7 heteroatoms. The Morgan fingerprint density at radius 3 is 2.88 bits per heavy atom. The summed E-state index contributed by atoms with van der Waals surface area (Å²) in [6, 6.07) is 5.99. The highest BCUT2D eigenvalue weighted by Gasteiger charge is 2.25. The summed E-state index contributed by atoms with van der Waals surface area (Å²) in [6.45, 7) is 4.20. The molecular weight excluding hydrogens is 342 g/mol. The zero-order valence-electron chi connectivity index (χ0n) is 14.4. The number of nitrogens with one attached hydrogen (secondary N) is 2. The first kappa shape index (κ1) is 17.7. The first-order chi connectivity index (χ1) is 12.1. The minimum absolute atomic E-state index is 0.167. The second kappa shape index (κ2) is 7.82. The van der Waals surface area contributed by atoms with Gasteiger partial charge in [0, 0.05) is 37.1 Å². The van der Waals surface area contributed by atoms with Crippen LogP contribution < -0.4 is 15.5 Å². The van der Waals surface area contributed by atoms with Gasteiger partial charge in [0.15, 0.2) is 5.96 Å². The Balaban J connectivity index is 1.55. The van der Waals surface area contributed by atoms with Crippen molar-refractivity contribution in [3.05, 3.63) is 51.7 Å². The van der Waals surface area contributed by atoms with Crippen LogP contribution in [0.15, 0.2) is 34.6 Å². The molecule has 0 bridgehead atoms. The number of halogens is 2. The Bertz CT molecular complexity index is 759. The van der Waals surface area contributed by atoms with Crippen molar-refractivity contribution in [2.24, 2.45) is 4.99 Å². The van der Waals surface area contributed by atoms with Crippen LogP contribution in [-0.2, 0) is 6.54 Å². The van der Waals surface area contributed by atoms with Crippen molar-refractivity contribution in [3.8, 4) is 0 Å².